The summed E-state index contributed by atoms with van der Waals surface area (Å²) in [5, 5.41) is 5.34. The molecule has 1 atom stereocenters. The van der Waals surface area contributed by atoms with E-state index in [9.17, 15) is 9.59 Å². The van der Waals surface area contributed by atoms with Crippen LogP contribution in [0.15, 0.2) is 29.4 Å². The summed E-state index contributed by atoms with van der Waals surface area (Å²) in [6, 6.07) is 7.31. The van der Waals surface area contributed by atoms with Gasteiger partial charge in [0.15, 0.2) is 5.16 Å². The maximum absolute atomic E-state index is 12.3. The van der Waals surface area contributed by atoms with Crippen molar-refractivity contribution in [2.45, 2.75) is 50.2 Å². The molecule has 1 unspecified atom stereocenters. The molecule has 0 bridgehead atoms. The lowest BCUT2D eigenvalue weighted by Gasteiger charge is -2.21. The number of thioether (sulfide) groups is 1. The average Bonchev–Trinajstić information content (AvgIpc) is 2.88. The van der Waals surface area contributed by atoms with Crippen LogP contribution in [-0.2, 0) is 16.1 Å². The molecular formula is C18H26N4O3S. The SMILES string of the molecule is COCCn1c(SC(C)C(=O)NC(=O)NC(C)(C)C)nc2ccccc21. The van der Waals surface area contributed by atoms with Crippen LogP contribution in [0.25, 0.3) is 11.0 Å². The summed E-state index contributed by atoms with van der Waals surface area (Å²) in [5.74, 6) is -0.359. The van der Waals surface area contributed by atoms with Crippen molar-refractivity contribution in [1.29, 1.82) is 0 Å². The van der Waals surface area contributed by atoms with Crippen LogP contribution >= 0.6 is 11.8 Å². The highest BCUT2D eigenvalue weighted by Gasteiger charge is 2.22. The van der Waals surface area contributed by atoms with Crippen molar-refractivity contribution in [2.75, 3.05) is 13.7 Å². The fraction of sp³-hybridized carbons (Fsp3) is 0.500. The lowest BCUT2D eigenvalue weighted by molar-refractivity contribution is -0.119. The average molecular weight is 378 g/mol. The Bertz CT molecular complexity index is 782. The van der Waals surface area contributed by atoms with E-state index in [1.165, 1.54) is 11.8 Å². The molecular weight excluding hydrogens is 352 g/mol. The second kappa shape index (κ2) is 8.55. The van der Waals surface area contributed by atoms with Crippen molar-refractivity contribution in [1.82, 2.24) is 20.2 Å². The van der Waals surface area contributed by atoms with E-state index in [1.54, 1.807) is 14.0 Å². The highest BCUT2D eigenvalue weighted by Crippen LogP contribution is 2.27. The van der Waals surface area contributed by atoms with E-state index in [0.29, 0.717) is 13.2 Å². The Balaban J connectivity index is 2.11. The van der Waals surface area contributed by atoms with Gasteiger partial charge in [-0.05, 0) is 39.8 Å². The first-order valence-corrected chi connectivity index (χ1v) is 9.33. The van der Waals surface area contributed by atoms with Crippen molar-refractivity contribution < 1.29 is 14.3 Å². The van der Waals surface area contributed by atoms with Gasteiger partial charge in [0.2, 0.25) is 5.91 Å². The first-order valence-electron chi connectivity index (χ1n) is 8.45. The summed E-state index contributed by atoms with van der Waals surface area (Å²) in [5.41, 5.74) is 1.45. The van der Waals surface area contributed by atoms with E-state index < -0.39 is 16.8 Å². The molecule has 2 N–H and O–H groups in total. The summed E-state index contributed by atoms with van der Waals surface area (Å²) in [6.07, 6.45) is 0. The minimum Gasteiger partial charge on any atom is -0.383 e. The molecule has 26 heavy (non-hydrogen) atoms. The second-order valence-corrected chi connectivity index (χ2v) is 8.29. The zero-order valence-electron chi connectivity index (χ0n) is 15.8. The summed E-state index contributed by atoms with van der Waals surface area (Å²) in [6.45, 7) is 8.50. The van der Waals surface area contributed by atoms with Gasteiger partial charge in [0, 0.05) is 19.2 Å². The number of benzene rings is 1. The van der Waals surface area contributed by atoms with Crippen molar-refractivity contribution in [3.63, 3.8) is 0 Å². The van der Waals surface area contributed by atoms with Crippen LogP contribution < -0.4 is 10.6 Å². The Kier molecular flexibility index (Phi) is 6.66. The van der Waals surface area contributed by atoms with Gasteiger partial charge in [-0.15, -0.1) is 0 Å². The number of carbonyl (C=O) groups is 2. The molecule has 0 fully saturated rings. The maximum Gasteiger partial charge on any atom is 0.321 e. The zero-order valence-corrected chi connectivity index (χ0v) is 16.6. The molecule has 0 aliphatic carbocycles. The summed E-state index contributed by atoms with van der Waals surface area (Å²) in [4.78, 5) is 28.8. The van der Waals surface area contributed by atoms with Gasteiger partial charge in [-0.3, -0.25) is 10.1 Å². The first kappa shape index (κ1) is 20.3. The fourth-order valence-corrected chi connectivity index (χ4v) is 3.29. The Morgan fingerprint density at radius 3 is 2.65 bits per heavy atom. The van der Waals surface area contributed by atoms with Gasteiger partial charge >= 0.3 is 6.03 Å². The summed E-state index contributed by atoms with van der Waals surface area (Å²) in [7, 11) is 1.65. The number of urea groups is 1. The first-order chi connectivity index (χ1) is 12.2. The molecule has 0 spiro atoms. The van der Waals surface area contributed by atoms with Crippen molar-refractivity contribution >= 4 is 34.7 Å². The van der Waals surface area contributed by atoms with Crippen LogP contribution in [0.1, 0.15) is 27.7 Å². The molecule has 1 aromatic heterocycles. The lowest BCUT2D eigenvalue weighted by Crippen LogP contribution is -2.49. The van der Waals surface area contributed by atoms with Gasteiger partial charge in [0.1, 0.15) is 0 Å². The Hall–Kier alpha value is -2.06. The molecule has 7 nitrogen and oxygen atoms in total. The lowest BCUT2D eigenvalue weighted by atomic mass is 10.1. The largest absolute Gasteiger partial charge is 0.383 e. The number of rotatable bonds is 6. The second-order valence-electron chi connectivity index (χ2n) is 6.98. The number of imidazole rings is 1. The maximum atomic E-state index is 12.3. The minimum absolute atomic E-state index is 0.359. The van der Waals surface area contributed by atoms with Crippen LogP contribution in [-0.4, -0.2) is 46.0 Å². The van der Waals surface area contributed by atoms with Gasteiger partial charge in [-0.25, -0.2) is 9.78 Å². The van der Waals surface area contributed by atoms with E-state index >= 15 is 0 Å². The molecule has 2 rings (SSSR count). The van der Waals surface area contributed by atoms with Crippen LogP contribution in [0.5, 0.6) is 0 Å². The summed E-state index contributed by atoms with van der Waals surface area (Å²) < 4.78 is 7.21. The molecule has 1 heterocycles. The summed E-state index contributed by atoms with van der Waals surface area (Å²) >= 11 is 1.32. The van der Waals surface area contributed by atoms with Crippen LogP contribution in [0.2, 0.25) is 0 Å². The van der Waals surface area contributed by atoms with E-state index in [4.69, 9.17) is 4.74 Å². The predicted octanol–water partition coefficient (Wildman–Crippen LogP) is 2.79. The molecule has 1 aromatic carbocycles. The molecule has 8 heteroatoms. The standard InChI is InChI=1S/C18H26N4O3S/c1-12(15(23)20-16(24)21-18(2,3)4)26-17-19-13-8-6-7-9-14(13)22(17)10-11-25-5/h6-9,12H,10-11H2,1-5H3,(H2,20,21,23,24). The van der Waals surface area contributed by atoms with Crippen molar-refractivity contribution in [3.05, 3.63) is 24.3 Å². The molecule has 0 aliphatic heterocycles. The Labute approximate surface area is 157 Å². The van der Waals surface area contributed by atoms with Gasteiger partial charge in [0.05, 0.1) is 22.9 Å². The van der Waals surface area contributed by atoms with Crippen LogP contribution in [0.4, 0.5) is 4.79 Å². The zero-order chi connectivity index (χ0) is 19.3. The number of para-hydroxylation sites is 2. The number of imide groups is 1. The number of nitrogens with one attached hydrogen (secondary N) is 2. The fourth-order valence-electron chi connectivity index (χ4n) is 2.34. The van der Waals surface area contributed by atoms with E-state index in [-0.39, 0.29) is 5.91 Å². The number of fused-ring (bicyclic) bond motifs is 1. The van der Waals surface area contributed by atoms with Gasteiger partial charge < -0.3 is 14.6 Å². The number of hydrogen-bond acceptors (Lipinski definition) is 5. The number of carbonyl (C=O) groups excluding carboxylic acids is 2. The van der Waals surface area contributed by atoms with Crippen molar-refractivity contribution in [3.8, 4) is 0 Å². The van der Waals surface area contributed by atoms with E-state index in [0.717, 1.165) is 16.2 Å². The van der Waals surface area contributed by atoms with Gasteiger partial charge in [-0.2, -0.15) is 0 Å². The van der Waals surface area contributed by atoms with E-state index in [2.05, 4.69) is 15.6 Å². The minimum atomic E-state index is -0.497. The molecule has 0 saturated heterocycles. The predicted molar refractivity (Wildman–Crippen MR) is 103 cm³/mol. The third-order valence-corrected chi connectivity index (χ3v) is 4.61. The van der Waals surface area contributed by atoms with Gasteiger partial charge in [-0.1, -0.05) is 23.9 Å². The normalized spacial score (nSPS) is 12.8. The van der Waals surface area contributed by atoms with Crippen molar-refractivity contribution in [2.24, 2.45) is 0 Å². The van der Waals surface area contributed by atoms with Gasteiger partial charge in [0.25, 0.3) is 0 Å². The van der Waals surface area contributed by atoms with Crippen LogP contribution in [0.3, 0.4) is 0 Å². The molecule has 142 valence electrons. The molecule has 0 saturated carbocycles. The monoisotopic (exact) mass is 378 g/mol. The molecule has 2 aromatic rings. The number of amides is 3. The third-order valence-electron chi connectivity index (χ3n) is 3.52. The highest BCUT2D eigenvalue weighted by atomic mass is 32.2. The molecule has 0 aliphatic rings. The Morgan fingerprint density at radius 2 is 2.00 bits per heavy atom. The van der Waals surface area contributed by atoms with Crippen LogP contribution in [0, 0.1) is 0 Å². The number of ether oxygens (including phenoxy) is 1. The smallest absolute Gasteiger partial charge is 0.321 e. The number of aromatic nitrogens is 2. The molecule has 0 radical (unpaired) electrons. The molecule has 3 amide bonds. The third kappa shape index (κ3) is 5.47. The number of methoxy groups -OCH3 is 1. The Morgan fingerprint density at radius 1 is 1.31 bits per heavy atom. The highest BCUT2D eigenvalue weighted by molar-refractivity contribution is 8.00. The quantitative estimate of drug-likeness (QED) is 0.755. The number of nitrogens with zero attached hydrogens (tertiary/aromatic N) is 2. The number of hydrogen-bond donors (Lipinski definition) is 2. The van der Waals surface area contributed by atoms with E-state index in [1.807, 2.05) is 49.6 Å². The topological polar surface area (TPSA) is 85.2 Å².